The van der Waals surface area contributed by atoms with Crippen molar-refractivity contribution in [2.45, 2.75) is 13.8 Å². The smallest absolute Gasteiger partial charge is 0.116 e. The minimum atomic E-state index is 0.998. The Labute approximate surface area is 142 Å². The molecule has 1 aromatic heterocycles. The van der Waals surface area contributed by atoms with Crippen molar-refractivity contribution in [3.05, 3.63) is 96.4 Å². The number of nitrogens with zero attached hydrogens (tertiary/aromatic N) is 2. The van der Waals surface area contributed by atoms with Crippen LogP contribution in [0.5, 0.6) is 0 Å². The predicted octanol–water partition coefficient (Wildman–Crippen LogP) is 5.60. The van der Waals surface area contributed by atoms with E-state index in [0.717, 1.165) is 10.9 Å². The number of fused-ring (bicyclic) bond motifs is 1. The van der Waals surface area contributed by atoms with Gasteiger partial charge in [0.05, 0.1) is 5.52 Å². The molecule has 0 aliphatic heterocycles. The molecule has 0 fully saturated rings. The molecule has 0 saturated carbocycles. The van der Waals surface area contributed by atoms with Crippen LogP contribution >= 0.6 is 0 Å². The maximum absolute atomic E-state index is 4.07. The molecular weight excluding hydrogens is 292 g/mol. The maximum atomic E-state index is 4.07. The van der Waals surface area contributed by atoms with E-state index in [9.17, 15) is 0 Å². The van der Waals surface area contributed by atoms with E-state index in [-0.39, 0.29) is 0 Å². The fourth-order valence-electron chi connectivity index (χ4n) is 2.60. The Hall–Kier alpha value is -3.00. The molecule has 0 spiro atoms. The molecule has 0 atom stereocenters. The summed E-state index contributed by atoms with van der Waals surface area (Å²) in [7, 11) is 0. The number of benzene rings is 3. The van der Waals surface area contributed by atoms with E-state index in [1.165, 1.54) is 22.3 Å². The molecule has 0 unspecified atom stereocenters. The fraction of sp³-hybridized carbons (Fsp3) is 0.0909. The lowest BCUT2D eigenvalue weighted by atomic mass is 9.97. The van der Waals surface area contributed by atoms with E-state index in [2.05, 4.69) is 72.3 Å². The second kappa shape index (κ2) is 7.51. The van der Waals surface area contributed by atoms with Gasteiger partial charge < -0.3 is 0 Å². The van der Waals surface area contributed by atoms with Gasteiger partial charge in [-0.15, -0.1) is 0 Å². The van der Waals surface area contributed by atoms with Gasteiger partial charge in [-0.2, -0.15) is 0 Å². The normalized spacial score (nSPS) is 10.1. The molecule has 0 aliphatic rings. The summed E-state index contributed by atoms with van der Waals surface area (Å²) < 4.78 is 0. The molecule has 4 rings (SSSR count). The fourth-order valence-corrected chi connectivity index (χ4v) is 2.60. The van der Waals surface area contributed by atoms with Gasteiger partial charge in [-0.05, 0) is 42.2 Å². The first-order valence-electron chi connectivity index (χ1n) is 8.02. The summed E-state index contributed by atoms with van der Waals surface area (Å²) in [4.78, 5) is 7.97. The van der Waals surface area contributed by atoms with E-state index in [1.54, 1.807) is 6.33 Å². The highest BCUT2D eigenvalue weighted by Crippen LogP contribution is 2.24. The number of hydrogen-bond acceptors (Lipinski definition) is 2. The third kappa shape index (κ3) is 3.66. The SMILES string of the molecule is Cc1cccc(-c2ccccc2)c1C.c1ccc2ncncc2c1. The first-order valence-corrected chi connectivity index (χ1v) is 8.02. The number of hydrogen-bond donors (Lipinski definition) is 0. The Bertz CT molecular complexity index is 865. The van der Waals surface area contributed by atoms with Gasteiger partial charge in [0, 0.05) is 11.6 Å². The average molecular weight is 312 g/mol. The third-order valence-electron chi connectivity index (χ3n) is 4.10. The van der Waals surface area contributed by atoms with E-state index >= 15 is 0 Å². The summed E-state index contributed by atoms with van der Waals surface area (Å²) in [5.74, 6) is 0. The van der Waals surface area contributed by atoms with Crippen LogP contribution < -0.4 is 0 Å². The zero-order valence-electron chi connectivity index (χ0n) is 14.0. The van der Waals surface area contributed by atoms with Crippen molar-refractivity contribution in [3.63, 3.8) is 0 Å². The number of rotatable bonds is 1. The van der Waals surface area contributed by atoms with Crippen LogP contribution in [0.4, 0.5) is 0 Å². The molecular formula is C22H20N2. The van der Waals surface area contributed by atoms with Gasteiger partial charge in [0.2, 0.25) is 0 Å². The van der Waals surface area contributed by atoms with Gasteiger partial charge in [-0.1, -0.05) is 66.7 Å². The highest BCUT2D eigenvalue weighted by atomic mass is 14.8. The van der Waals surface area contributed by atoms with Crippen molar-refractivity contribution >= 4 is 10.9 Å². The highest BCUT2D eigenvalue weighted by Gasteiger charge is 2.01. The minimum Gasteiger partial charge on any atom is -0.244 e. The molecule has 0 radical (unpaired) electrons. The average Bonchev–Trinajstić information content (AvgIpc) is 2.65. The van der Waals surface area contributed by atoms with Gasteiger partial charge >= 0.3 is 0 Å². The molecule has 1 heterocycles. The number of para-hydroxylation sites is 1. The van der Waals surface area contributed by atoms with Crippen molar-refractivity contribution < 1.29 is 0 Å². The number of aromatic nitrogens is 2. The van der Waals surface area contributed by atoms with E-state index in [0.29, 0.717) is 0 Å². The Kier molecular flexibility index (Phi) is 4.97. The quantitative estimate of drug-likeness (QED) is 0.457. The summed E-state index contributed by atoms with van der Waals surface area (Å²) in [5, 5.41) is 1.09. The summed E-state index contributed by atoms with van der Waals surface area (Å²) >= 11 is 0. The summed E-state index contributed by atoms with van der Waals surface area (Å²) in [6.45, 7) is 4.33. The van der Waals surface area contributed by atoms with Crippen LogP contribution in [-0.2, 0) is 0 Å². The van der Waals surface area contributed by atoms with Gasteiger partial charge in [0.1, 0.15) is 6.33 Å². The van der Waals surface area contributed by atoms with Crippen LogP contribution in [0, 0.1) is 13.8 Å². The molecule has 4 aromatic rings. The van der Waals surface area contributed by atoms with Crippen LogP contribution in [0.15, 0.2) is 85.3 Å². The van der Waals surface area contributed by atoms with Crippen LogP contribution in [0.1, 0.15) is 11.1 Å². The Morgan fingerprint density at radius 1 is 0.708 bits per heavy atom. The summed E-state index contributed by atoms with van der Waals surface area (Å²) in [6, 6.07) is 24.9. The molecule has 24 heavy (non-hydrogen) atoms. The minimum absolute atomic E-state index is 0.998. The number of aryl methyl sites for hydroxylation is 1. The predicted molar refractivity (Wildman–Crippen MR) is 101 cm³/mol. The van der Waals surface area contributed by atoms with Gasteiger partial charge in [0.25, 0.3) is 0 Å². The topological polar surface area (TPSA) is 25.8 Å². The monoisotopic (exact) mass is 312 g/mol. The molecule has 0 saturated heterocycles. The van der Waals surface area contributed by atoms with Crippen LogP contribution in [0.3, 0.4) is 0 Å². The maximum Gasteiger partial charge on any atom is 0.116 e. The van der Waals surface area contributed by atoms with E-state index < -0.39 is 0 Å². The van der Waals surface area contributed by atoms with Crippen molar-refractivity contribution in [1.29, 1.82) is 0 Å². The third-order valence-corrected chi connectivity index (χ3v) is 4.10. The highest BCUT2D eigenvalue weighted by molar-refractivity contribution is 5.76. The van der Waals surface area contributed by atoms with Crippen LogP contribution in [-0.4, -0.2) is 9.97 Å². The molecule has 0 aliphatic carbocycles. The lowest BCUT2D eigenvalue weighted by Crippen LogP contribution is -1.85. The zero-order valence-corrected chi connectivity index (χ0v) is 14.0. The second-order valence-corrected chi connectivity index (χ2v) is 5.70. The first kappa shape index (κ1) is 15.9. The van der Waals surface area contributed by atoms with Crippen LogP contribution in [0.25, 0.3) is 22.0 Å². The summed E-state index contributed by atoms with van der Waals surface area (Å²) in [6.07, 6.45) is 3.37. The Balaban J connectivity index is 0.000000149. The van der Waals surface area contributed by atoms with E-state index in [1.807, 2.05) is 30.5 Å². The van der Waals surface area contributed by atoms with Crippen LogP contribution in [0.2, 0.25) is 0 Å². The molecule has 0 amide bonds. The molecule has 118 valence electrons. The standard InChI is InChI=1S/C14H14.C8H6N2/c1-11-7-6-10-14(12(11)2)13-8-4-3-5-9-13;1-2-4-8-7(3-1)5-9-6-10-8/h3-10H,1-2H3;1-6H. The van der Waals surface area contributed by atoms with Crippen molar-refractivity contribution in [2.24, 2.45) is 0 Å². The second-order valence-electron chi connectivity index (χ2n) is 5.70. The molecule has 0 bridgehead atoms. The van der Waals surface area contributed by atoms with Crippen molar-refractivity contribution in [3.8, 4) is 11.1 Å². The van der Waals surface area contributed by atoms with Gasteiger partial charge in [0.15, 0.2) is 0 Å². The molecule has 0 N–H and O–H groups in total. The first-order chi connectivity index (χ1) is 11.8. The Morgan fingerprint density at radius 3 is 2.25 bits per heavy atom. The lowest BCUT2D eigenvalue weighted by molar-refractivity contribution is 1.22. The molecule has 3 aromatic carbocycles. The van der Waals surface area contributed by atoms with Crippen molar-refractivity contribution in [1.82, 2.24) is 9.97 Å². The van der Waals surface area contributed by atoms with Crippen molar-refractivity contribution in [2.75, 3.05) is 0 Å². The van der Waals surface area contributed by atoms with E-state index in [4.69, 9.17) is 0 Å². The van der Waals surface area contributed by atoms with Gasteiger partial charge in [-0.3, -0.25) is 0 Å². The molecule has 2 heteroatoms. The van der Waals surface area contributed by atoms with Gasteiger partial charge in [-0.25, -0.2) is 9.97 Å². The Morgan fingerprint density at radius 2 is 1.46 bits per heavy atom. The summed E-state index contributed by atoms with van der Waals surface area (Å²) in [5.41, 5.74) is 6.36. The lowest BCUT2D eigenvalue weighted by Gasteiger charge is -2.07. The zero-order chi connectivity index (χ0) is 16.8. The molecule has 2 nitrogen and oxygen atoms in total. The largest absolute Gasteiger partial charge is 0.244 e.